The molecule has 0 saturated carbocycles. The highest BCUT2D eigenvalue weighted by molar-refractivity contribution is 6.17. The molecule has 5 rings (SSSR count). The van der Waals surface area contributed by atoms with Gasteiger partial charge < -0.3 is 0 Å². The van der Waals surface area contributed by atoms with E-state index in [1.54, 1.807) is 0 Å². The molecule has 0 N–H and O–H groups in total. The predicted molar refractivity (Wildman–Crippen MR) is 107 cm³/mol. The van der Waals surface area contributed by atoms with Gasteiger partial charge in [-0.05, 0) is 52.6 Å². The zero-order chi connectivity index (χ0) is 16.8. The van der Waals surface area contributed by atoms with E-state index < -0.39 is 0 Å². The molecular weight excluding hydrogens is 302 g/mol. The summed E-state index contributed by atoms with van der Waals surface area (Å²) in [7, 11) is 0. The first-order valence-electron chi connectivity index (χ1n) is 8.87. The van der Waals surface area contributed by atoms with Crippen LogP contribution in [0.15, 0.2) is 83.9 Å². The van der Waals surface area contributed by atoms with Crippen molar-refractivity contribution < 1.29 is 0 Å². The van der Waals surface area contributed by atoms with Crippen molar-refractivity contribution in [3.05, 3.63) is 95.6 Å². The Morgan fingerprint density at radius 3 is 2.12 bits per heavy atom. The van der Waals surface area contributed by atoms with Gasteiger partial charge in [-0.1, -0.05) is 66.7 Å². The molecule has 1 aliphatic heterocycles. The van der Waals surface area contributed by atoms with Crippen LogP contribution in [0.25, 0.3) is 21.5 Å². The van der Waals surface area contributed by atoms with Gasteiger partial charge in [0.1, 0.15) is 0 Å². The highest BCUT2D eigenvalue weighted by Gasteiger charge is 2.20. The maximum Gasteiger partial charge on any atom is 0.0725 e. The first kappa shape index (κ1) is 14.4. The Bertz CT molecular complexity index is 1140. The van der Waals surface area contributed by atoms with Gasteiger partial charge in [0.2, 0.25) is 0 Å². The Kier molecular flexibility index (Phi) is 3.21. The quantitative estimate of drug-likeness (QED) is 0.422. The SMILES string of the molecule is CC1Cc2cc3ccccc3cc2C(c2ccc3ccccc3c2)=N1. The van der Waals surface area contributed by atoms with Crippen molar-refractivity contribution >= 4 is 27.3 Å². The van der Waals surface area contributed by atoms with Crippen molar-refractivity contribution in [1.29, 1.82) is 0 Å². The standard InChI is InChI=1S/C24H19N/c1-16-12-22-14-19-8-4-5-9-20(19)15-23(22)24(25-16)21-11-10-17-6-2-3-7-18(17)13-21/h2-11,13-16H,12H2,1H3. The minimum Gasteiger partial charge on any atom is -0.281 e. The molecule has 0 radical (unpaired) electrons. The fourth-order valence-corrected chi connectivity index (χ4v) is 3.90. The maximum absolute atomic E-state index is 5.02. The lowest BCUT2D eigenvalue weighted by molar-refractivity contribution is 0.729. The van der Waals surface area contributed by atoms with Gasteiger partial charge in [0.05, 0.1) is 11.8 Å². The van der Waals surface area contributed by atoms with Crippen molar-refractivity contribution in [1.82, 2.24) is 0 Å². The second-order valence-electron chi connectivity index (χ2n) is 6.95. The molecule has 1 heteroatoms. The molecule has 1 aliphatic rings. The molecule has 0 saturated heterocycles. The molecule has 1 heterocycles. The normalized spacial score (nSPS) is 16.7. The van der Waals surface area contributed by atoms with E-state index in [1.165, 1.54) is 38.2 Å². The smallest absolute Gasteiger partial charge is 0.0725 e. The summed E-state index contributed by atoms with van der Waals surface area (Å²) in [6.45, 7) is 2.21. The number of fused-ring (bicyclic) bond motifs is 3. The fourth-order valence-electron chi connectivity index (χ4n) is 3.90. The van der Waals surface area contributed by atoms with E-state index in [1.807, 2.05) is 0 Å². The summed E-state index contributed by atoms with van der Waals surface area (Å²) in [4.78, 5) is 5.02. The molecule has 120 valence electrons. The molecule has 4 aromatic rings. The Labute approximate surface area is 147 Å². The largest absolute Gasteiger partial charge is 0.281 e. The molecular formula is C24H19N. The van der Waals surface area contributed by atoms with Gasteiger partial charge >= 0.3 is 0 Å². The van der Waals surface area contributed by atoms with E-state index in [4.69, 9.17) is 4.99 Å². The monoisotopic (exact) mass is 321 g/mol. The Morgan fingerprint density at radius 1 is 0.720 bits per heavy atom. The zero-order valence-corrected chi connectivity index (χ0v) is 14.2. The van der Waals surface area contributed by atoms with Crippen LogP contribution in [0.2, 0.25) is 0 Å². The van der Waals surface area contributed by atoms with Gasteiger partial charge in [-0.3, -0.25) is 4.99 Å². The van der Waals surface area contributed by atoms with E-state index in [0.29, 0.717) is 6.04 Å². The van der Waals surface area contributed by atoms with Gasteiger partial charge in [0, 0.05) is 11.1 Å². The highest BCUT2D eigenvalue weighted by Crippen LogP contribution is 2.29. The summed E-state index contributed by atoms with van der Waals surface area (Å²) in [6, 6.07) is 28.8. The average molecular weight is 321 g/mol. The number of hydrogen-bond donors (Lipinski definition) is 0. The average Bonchev–Trinajstić information content (AvgIpc) is 2.65. The van der Waals surface area contributed by atoms with Crippen LogP contribution in [-0.4, -0.2) is 11.8 Å². The first-order valence-corrected chi connectivity index (χ1v) is 8.87. The second kappa shape index (κ2) is 5.56. The summed E-state index contributed by atoms with van der Waals surface area (Å²) in [5.41, 5.74) is 5.03. The molecule has 1 nitrogen and oxygen atoms in total. The van der Waals surface area contributed by atoms with Crippen molar-refractivity contribution in [3.8, 4) is 0 Å². The highest BCUT2D eigenvalue weighted by atomic mass is 14.8. The van der Waals surface area contributed by atoms with Crippen LogP contribution in [0.4, 0.5) is 0 Å². The number of hydrogen-bond acceptors (Lipinski definition) is 1. The van der Waals surface area contributed by atoms with Gasteiger partial charge in [-0.15, -0.1) is 0 Å². The first-order chi connectivity index (χ1) is 12.3. The van der Waals surface area contributed by atoms with Crippen LogP contribution in [-0.2, 0) is 6.42 Å². The minimum atomic E-state index is 0.315. The summed E-state index contributed by atoms with van der Waals surface area (Å²) < 4.78 is 0. The van der Waals surface area contributed by atoms with Crippen LogP contribution in [0, 0.1) is 0 Å². The molecule has 0 fully saturated rings. The Morgan fingerprint density at radius 2 is 1.36 bits per heavy atom. The van der Waals surface area contributed by atoms with Crippen LogP contribution < -0.4 is 0 Å². The summed E-state index contributed by atoms with van der Waals surface area (Å²) in [6.07, 6.45) is 1.01. The second-order valence-corrected chi connectivity index (χ2v) is 6.95. The van der Waals surface area contributed by atoms with E-state index >= 15 is 0 Å². The van der Waals surface area contributed by atoms with Crippen LogP contribution in [0.3, 0.4) is 0 Å². The van der Waals surface area contributed by atoms with Crippen molar-refractivity contribution in [2.75, 3.05) is 0 Å². The lowest BCUT2D eigenvalue weighted by Crippen LogP contribution is -2.19. The van der Waals surface area contributed by atoms with Gasteiger partial charge in [0.25, 0.3) is 0 Å². The van der Waals surface area contributed by atoms with E-state index in [-0.39, 0.29) is 0 Å². The minimum absolute atomic E-state index is 0.315. The molecule has 25 heavy (non-hydrogen) atoms. The van der Waals surface area contributed by atoms with Crippen LogP contribution in [0.5, 0.6) is 0 Å². The van der Waals surface area contributed by atoms with Crippen LogP contribution >= 0.6 is 0 Å². The lowest BCUT2D eigenvalue weighted by Gasteiger charge is -2.22. The van der Waals surface area contributed by atoms with E-state index in [9.17, 15) is 0 Å². The third-order valence-electron chi connectivity index (χ3n) is 5.11. The maximum atomic E-state index is 5.02. The number of aliphatic imine (C=N–C) groups is 1. The fraction of sp³-hybridized carbons (Fsp3) is 0.125. The van der Waals surface area contributed by atoms with Crippen LogP contribution in [0.1, 0.15) is 23.6 Å². The molecule has 1 atom stereocenters. The Hall–Kier alpha value is -2.93. The molecule has 1 unspecified atom stereocenters. The molecule has 0 aliphatic carbocycles. The molecule has 0 amide bonds. The Balaban J connectivity index is 1.73. The zero-order valence-electron chi connectivity index (χ0n) is 14.2. The van der Waals surface area contributed by atoms with E-state index in [0.717, 1.165) is 12.1 Å². The predicted octanol–water partition coefficient (Wildman–Crippen LogP) is 5.78. The molecule has 0 bridgehead atoms. The topological polar surface area (TPSA) is 12.4 Å². The third kappa shape index (κ3) is 2.44. The van der Waals surface area contributed by atoms with Gasteiger partial charge in [-0.2, -0.15) is 0 Å². The summed E-state index contributed by atoms with van der Waals surface area (Å²) >= 11 is 0. The molecule has 4 aromatic carbocycles. The number of nitrogens with zero attached hydrogens (tertiary/aromatic N) is 1. The van der Waals surface area contributed by atoms with Crippen molar-refractivity contribution in [2.24, 2.45) is 4.99 Å². The van der Waals surface area contributed by atoms with Crippen molar-refractivity contribution in [2.45, 2.75) is 19.4 Å². The van der Waals surface area contributed by atoms with Gasteiger partial charge in [-0.25, -0.2) is 0 Å². The third-order valence-corrected chi connectivity index (χ3v) is 5.11. The summed E-state index contributed by atoms with van der Waals surface area (Å²) in [5, 5.41) is 5.13. The van der Waals surface area contributed by atoms with Crippen molar-refractivity contribution in [3.63, 3.8) is 0 Å². The van der Waals surface area contributed by atoms with E-state index in [2.05, 4.69) is 85.8 Å². The van der Waals surface area contributed by atoms with Gasteiger partial charge in [0.15, 0.2) is 0 Å². The summed E-state index contributed by atoms with van der Waals surface area (Å²) in [5.74, 6) is 0. The number of benzene rings is 4. The number of rotatable bonds is 1. The lowest BCUT2D eigenvalue weighted by atomic mass is 9.88. The molecule has 0 aromatic heterocycles. The molecule has 0 spiro atoms.